The van der Waals surface area contributed by atoms with Crippen LogP contribution in [0.15, 0.2) is 30.3 Å². The lowest BCUT2D eigenvalue weighted by atomic mass is 9.99. The zero-order chi connectivity index (χ0) is 17.6. The van der Waals surface area contributed by atoms with Crippen LogP contribution in [0, 0.1) is 0 Å². The summed E-state index contributed by atoms with van der Waals surface area (Å²) in [5.41, 5.74) is 3.51. The number of rotatable bonds is 4. The van der Waals surface area contributed by atoms with Crippen LogP contribution in [0.2, 0.25) is 0 Å². The summed E-state index contributed by atoms with van der Waals surface area (Å²) in [4.78, 5) is 12.9. The van der Waals surface area contributed by atoms with Crippen LogP contribution in [-0.4, -0.2) is 48.6 Å². The van der Waals surface area contributed by atoms with Crippen LogP contribution in [0.3, 0.4) is 0 Å². The summed E-state index contributed by atoms with van der Waals surface area (Å²) in [7, 11) is 1.57. The largest absolute Gasteiger partial charge is 0.494 e. The van der Waals surface area contributed by atoms with Crippen LogP contribution >= 0.6 is 0 Å². The lowest BCUT2D eigenvalue weighted by Crippen LogP contribution is -2.09. The molecule has 2 aromatic heterocycles. The zero-order valence-electron chi connectivity index (χ0n) is 13.5. The number of hydrogen-bond donors (Lipinski definition) is 2. The molecule has 0 saturated heterocycles. The molecule has 0 amide bonds. The topological polar surface area (TPSA) is 119 Å². The molecule has 9 nitrogen and oxygen atoms in total. The Hall–Kier alpha value is -3.49. The third-order valence-corrected chi connectivity index (χ3v) is 4.10. The van der Waals surface area contributed by atoms with Gasteiger partial charge >= 0.3 is 5.97 Å². The van der Waals surface area contributed by atoms with E-state index in [-0.39, 0.29) is 0 Å². The van der Waals surface area contributed by atoms with Gasteiger partial charge in [-0.2, -0.15) is 20.2 Å². The van der Waals surface area contributed by atoms with Crippen molar-refractivity contribution < 1.29 is 14.6 Å². The summed E-state index contributed by atoms with van der Waals surface area (Å²) in [5, 5.41) is 28.9. The number of carbonyl (C=O) groups is 1. The molecule has 4 aromatic rings. The standard InChI is InChI=1S/C16H14N6O3/c1-8(16(23)24)10-6-9(7-12-14(10)18-21-17-12)22-19-11-4-3-5-13(25-2)15(11)20-22/h3-8H,1-2H3,(H,23,24)(H,17,18,21). The summed E-state index contributed by atoms with van der Waals surface area (Å²) in [6.07, 6.45) is 0. The molecule has 0 spiro atoms. The van der Waals surface area contributed by atoms with Crippen LogP contribution in [0.25, 0.3) is 27.8 Å². The second kappa shape index (κ2) is 5.55. The molecular weight excluding hydrogens is 324 g/mol. The fraction of sp³-hybridized carbons (Fsp3) is 0.188. The lowest BCUT2D eigenvalue weighted by molar-refractivity contribution is -0.138. The molecule has 0 fully saturated rings. The summed E-state index contributed by atoms with van der Waals surface area (Å²) >= 11 is 0. The maximum Gasteiger partial charge on any atom is 0.310 e. The Morgan fingerprint density at radius 3 is 2.80 bits per heavy atom. The molecule has 0 aliphatic carbocycles. The molecular formula is C16H14N6O3. The van der Waals surface area contributed by atoms with Crippen LogP contribution in [0.1, 0.15) is 18.4 Å². The van der Waals surface area contributed by atoms with Gasteiger partial charge in [0.25, 0.3) is 0 Å². The first-order valence-corrected chi connectivity index (χ1v) is 7.56. The first-order chi connectivity index (χ1) is 12.1. The number of H-pyrrole nitrogens is 1. The average Bonchev–Trinajstić information content (AvgIpc) is 3.25. The Balaban J connectivity index is 1.94. The van der Waals surface area contributed by atoms with E-state index in [4.69, 9.17) is 4.74 Å². The maximum atomic E-state index is 11.4. The number of aliphatic carboxylic acids is 1. The van der Waals surface area contributed by atoms with Gasteiger partial charge in [0, 0.05) is 0 Å². The van der Waals surface area contributed by atoms with Gasteiger partial charge in [-0.25, -0.2) is 0 Å². The molecule has 2 N–H and O–H groups in total. The first-order valence-electron chi connectivity index (χ1n) is 7.56. The van der Waals surface area contributed by atoms with Crippen molar-refractivity contribution in [2.45, 2.75) is 12.8 Å². The Bertz CT molecular complexity index is 1100. The number of carboxylic acid groups (broad SMARTS) is 1. The van der Waals surface area contributed by atoms with Crippen molar-refractivity contribution in [2.75, 3.05) is 7.11 Å². The van der Waals surface area contributed by atoms with E-state index in [0.717, 1.165) is 0 Å². The highest BCUT2D eigenvalue weighted by molar-refractivity contribution is 5.87. The predicted octanol–water partition coefficient (Wildman–Crippen LogP) is 1.89. The molecule has 0 aliphatic rings. The van der Waals surface area contributed by atoms with Gasteiger partial charge in [-0.3, -0.25) is 4.79 Å². The number of nitrogens with zero attached hydrogens (tertiary/aromatic N) is 5. The molecule has 0 radical (unpaired) electrons. The van der Waals surface area contributed by atoms with Crippen molar-refractivity contribution in [3.63, 3.8) is 0 Å². The van der Waals surface area contributed by atoms with Gasteiger partial charge in [0.05, 0.1) is 18.7 Å². The van der Waals surface area contributed by atoms with E-state index in [9.17, 15) is 9.90 Å². The van der Waals surface area contributed by atoms with Crippen LogP contribution in [0.4, 0.5) is 0 Å². The van der Waals surface area contributed by atoms with Crippen molar-refractivity contribution in [1.82, 2.24) is 30.4 Å². The summed E-state index contributed by atoms with van der Waals surface area (Å²) in [6, 6.07) is 8.94. The normalized spacial score (nSPS) is 12.6. The molecule has 9 heteroatoms. The quantitative estimate of drug-likeness (QED) is 0.583. The molecule has 0 saturated carbocycles. The molecule has 1 atom stereocenters. The Kier molecular flexibility index (Phi) is 3.34. The number of methoxy groups -OCH3 is 1. The monoisotopic (exact) mass is 338 g/mol. The van der Waals surface area contributed by atoms with Gasteiger partial charge in [-0.15, -0.1) is 10.2 Å². The van der Waals surface area contributed by atoms with Crippen molar-refractivity contribution in [3.8, 4) is 11.4 Å². The minimum atomic E-state index is -0.943. The van der Waals surface area contributed by atoms with Crippen LogP contribution in [0.5, 0.6) is 5.75 Å². The van der Waals surface area contributed by atoms with Crippen molar-refractivity contribution >= 4 is 28.0 Å². The SMILES string of the molecule is COc1cccc2nn(-c3cc(C(C)C(=O)O)c4n[nH]nc4c3)nc12. The molecule has 1 unspecified atom stereocenters. The minimum Gasteiger partial charge on any atom is -0.494 e. The number of aromatic amines is 1. The second-order valence-electron chi connectivity index (χ2n) is 5.60. The highest BCUT2D eigenvalue weighted by Gasteiger charge is 2.21. The smallest absolute Gasteiger partial charge is 0.310 e. The fourth-order valence-corrected chi connectivity index (χ4v) is 2.73. The van der Waals surface area contributed by atoms with E-state index >= 15 is 0 Å². The summed E-state index contributed by atoms with van der Waals surface area (Å²) in [5.74, 6) is -1.07. The Morgan fingerprint density at radius 2 is 2.04 bits per heavy atom. The Morgan fingerprint density at radius 1 is 1.20 bits per heavy atom. The van der Waals surface area contributed by atoms with Crippen LogP contribution < -0.4 is 4.74 Å². The number of carboxylic acids is 1. The third-order valence-electron chi connectivity index (χ3n) is 4.10. The molecule has 25 heavy (non-hydrogen) atoms. The zero-order valence-corrected chi connectivity index (χ0v) is 13.5. The number of hydrogen-bond acceptors (Lipinski definition) is 6. The average molecular weight is 338 g/mol. The maximum absolute atomic E-state index is 11.4. The van der Waals surface area contributed by atoms with Gasteiger partial charge in [-0.05, 0) is 36.8 Å². The lowest BCUT2D eigenvalue weighted by Gasteiger charge is -2.09. The predicted molar refractivity (Wildman–Crippen MR) is 88.9 cm³/mol. The van der Waals surface area contributed by atoms with Crippen molar-refractivity contribution in [1.29, 1.82) is 0 Å². The second-order valence-corrected chi connectivity index (χ2v) is 5.60. The molecule has 0 bridgehead atoms. The van der Waals surface area contributed by atoms with Gasteiger partial charge in [-0.1, -0.05) is 6.07 Å². The van der Waals surface area contributed by atoms with E-state index in [1.54, 1.807) is 32.2 Å². The first kappa shape index (κ1) is 15.1. The molecule has 126 valence electrons. The van der Waals surface area contributed by atoms with Crippen molar-refractivity contribution in [3.05, 3.63) is 35.9 Å². The van der Waals surface area contributed by atoms with E-state index < -0.39 is 11.9 Å². The highest BCUT2D eigenvalue weighted by atomic mass is 16.5. The number of nitrogens with one attached hydrogen (secondary N) is 1. The van der Waals surface area contributed by atoms with E-state index in [1.807, 2.05) is 12.1 Å². The number of aromatic nitrogens is 6. The number of ether oxygens (including phenoxy) is 1. The molecule has 2 heterocycles. The minimum absolute atomic E-state index is 0.521. The third kappa shape index (κ3) is 2.36. The summed E-state index contributed by atoms with van der Waals surface area (Å²) in [6.45, 7) is 1.60. The van der Waals surface area contributed by atoms with E-state index in [1.165, 1.54) is 4.80 Å². The van der Waals surface area contributed by atoms with Gasteiger partial charge in [0.15, 0.2) is 5.52 Å². The fourth-order valence-electron chi connectivity index (χ4n) is 2.73. The number of fused-ring (bicyclic) bond motifs is 2. The van der Waals surface area contributed by atoms with Gasteiger partial charge < -0.3 is 9.84 Å². The van der Waals surface area contributed by atoms with Gasteiger partial charge in [0.1, 0.15) is 22.3 Å². The highest BCUT2D eigenvalue weighted by Crippen LogP contribution is 2.28. The van der Waals surface area contributed by atoms with Crippen LogP contribution in [-0.2, 0) is 4.79 Å². The molecule has 4 rings (SSSR count). The van der Waals surface area contributed by atoms with Crippen molar-refractivity contribution in [2.24, 2.45) is 0 Å². The summed E-state index contributed by atoms with van der Waals surface area (Å²) < 4.78 is 5.31. The molecule has 2 aromatic carbocycles. The van der Waals surface area contributed by atoms with E-state index in [0.29, 0.717) is 39.1 Å². The van der Waals surface area contributed by atoms with E-state index in [2.05, 4.69) is 25.6 Å². The Labute approximate surface area is 141 Å². The van der Waals surface area contributed by atoms with Gasteiger partial charge in [0.2, 0.25) is 0 Å². The molecule has 0 aliphatic heterocycles. The number of benzene rings is 2.